The Hall–Kier alpha value is -2.89. The molecule has 1 aromatic heterocycles. The van der Waals surface area contributed by atoms with Gasteiger partial charge in [-0.2, -0.15) is 13.2 Å². The Balaban J connectivity index is 1.72. The van der Waals surface area contributed by atoms with E-state index in [1.165, 1.54) is 6.07 Å². The van der Waals surface area contributed by atoms with Crippen LogP contribution >= 0.6 is 0 Å². The molecule has 28 heavy (non-hydrogen) atoms. The van der Waals surface area contributed by atoms with Crippen LogP contribution in [0.25, 0.3) is 10.9 Å². The van der Waals surface area contributed by atoms with Gasteiger partial charge < -0.3 is 4.90 Å². The SMILES string of the molecule is CC(c1cccc(C(F)(F)F)c1)N(C(=O)c1cccc2ncccc12)C1CC1. The van der Waals surface area contributed by atoms with E-state index in [1.54, 1.807) is 42.3 Å². The van der Waals surface area contributed by atoms with Crippen LogP contribution in [0.1, 0.15) is 47.3 Å². The topological polar surface area (TPSA) is 33.2 Å². The van der Waals surface area contributed by atoms with Crippen LogP contribution in [0, 0.1) is 0 Å². The average Bonchev–Trinajstić information content (AvgIpc) is 3.52. The maximum absolute atomic E-state index is 13.4. The molecule has 1 saturated carbocycles. The molecule has 1 atom stereocenters. The highest BCUT2D eigenvalue weighted by molar-refractivity contribution is 6.06. The maximum Gasteiger partial charge on any atom is 0.416 e. The second-order valence-corrected chi connectivity index (χ2v) is 7.12. The number of hydrogen-bond donors (Lipinski definition) is 0. The monoisotopic (exact) mass is 384 g/mol. The van der Waals surface area contributed by atoms with E-state index < -0.39 is 17.8 Å². The lowest BCUT2D eigenvalue weighted by Gasteiger charge is -2.30. The third kappa shape index (κ3) is 3.46. The summed E-state index contributed by atoms with van der Waals surface area (Å²) in [4.78, 5) is 19.4. The fourth-order valence-corrected chi connectivity index (χ4v) is 3.58. The summed E-state index contributed by atoms with van der Waals surface area (Å²) < 4.78 is 39.3. The van der Waals surface area contributed by atoms with Crippen LogP contribution in [0.2, 0.25) is 0 Å². The summed E-state index contributed by atoms with van der Waals surface area (Å²) in [7, 11) is 0. The fourth-order valence-electron chi connectivity index (χ4n) is 3.58. The molecule has 1 unspecified atom stereocenters. The van der Waals surface area contributed by atoms with Crippen molar-refractivity contribution in [2.24, 2.45) is 0 Å². The molecule has 0 bridgehead atoms. The number of amides is 1. The van der Waals surface area contributed by atoms with E-state index in [0.29, 0.717) is 11.1 Å². The number of alkyl halides is 3. The van der Waals surface area contributed by atoms with Crippen molar-refractivity contribution in [1.82, 2.24) is 9.88 Å². The lowest BCUT2D eigenvalue weighted by Crippen LogP contribution is -2.35. The number of carbonyl (C=O) groups excluding carboxylic acids is 1. The van der Waals surface area contributed by atoms with Crippen LogP contribution in [-0.4, -0.2) is 21.8 Å². The first-order valence-corrected chi connectivity index (χ1v) is 9.20. The Morgan fingerprint density at radius 3 is 2.57 bits per heavy atom. The second kappa shape index (κ2) is 6.93. The van der Waals surface area contributed by atoms with Crippen molar-refractivity contribution in [2.45, 2.75) is 38.0 Å². The lowest BCUT2D eigenvalue weighted by molar-refractivity contribution is -0.137. The van der Waals surface area contributed by atoms with E-state index >= 15 is 0 Å². The van der Waals surface area contributed by atoms with Crippen LogP contribution in [-0.2, 0) is 6.18 Å². The lowest BCUT2D eigenvalue weighted by atomic mass is 10.0. The molecule has 2 aromatic carbocycles. The van der Waals surface area contributed by atoms with E-state index in [-0.39, 0.29) is 11.9 Å². The van der Waals surface area contributed by atoms with Crippen molar-refractivity contribution < 1.29 is 18.0 Å². The molecule has 1 aliphatic carbocycles. The van der Waals surface area contributed by atoms with Crippen LogP contribution in [0.5, 0.6) is 0 Å². The highest BCUT2D eigenvalue weighted by Gasteiger charge is 2.38. The van der Waals surface area contributed by atoms with Gasteiger partial charge in [-0.1, -0.05) is 24.3 Å². The molecular formula is C22H19F3N2O. The zero-order chi connectivity index (χ0) is 19.9. The Kier molecular flexibility index (Phi) is 4.57. The summed E-state index contributed by atoms with van der Waals surface area (Å²) in [5, 5.41) is 0.747. The van der Waals surface area contributed by atoms with Crippen molar-refractivity contribution in [3.05, 3.63) is 77.5 Å². The highest BCUT2D eigenvalue weighted by atomic mass is 19.4. The Morgan fingerprint density at radius 2 is 1.86 bits per heavy atom. The molecule has 3 aromatic rings. The van der Waals surface area contributed by atoms with Gasteiger partial charge in [0.05, 0.1) is 17.1 Å². The highest BCUT2D eigenvalue weighted by Crippen LogP contribution is 2.38. The third-order valence-corrected chi connectivity index (χ3v) is 5.16. The van der Waals surface area contributed by atoms with Crippen LogP contribution in [0.3, 0.4) is 0 Å². The van der Waals surface area contributed by atoms with Gasteiger partial charge in [-0.15, -0.1) is 0 Å². The fraction of sp³-hybridized carbons (Fsp3) is 0.273. The first-order valence-electron chi connectivity index (χ1n) is 9.20. The minimum absolute atomic E-state index is 0.0453. The Bertz CT molecular complexity index is 1020. The molecule has 0 saturated heterocycles. The van der Waals surface area contributed by atoms with Crippen molar-refractivity contribution >= 4 is 16.8 Å². The number of nitrogens with zero attached hydrogens (tertiary/aromatic N) is 2. The Morgan fingerprint density at radius 1 is 1.11 bits per heavy atom. The number of carbonyl (C=O) groups is 1. The van der Waals surface area contributed by atoms with E-state index in [2.05, 4.69) is 4.98 Å². The quantitative estimate of drug-likeness (QED) is 0.585. The van der Waals surface area contributed by atoms with E-state index in [9.17, 15) is 18.0 Å². The van der Waals surface area contributed by atoms with Crippen molar-refractivity contribution in [3.8, 4) is 0 Å². The van der Waals surface area contributed by atoms with E-state index in [1.807, 2.05) is 12.1 Å². The predicted molar refractivity (Wildman–Crippen MR) is 101 cm³/mol. The number of halogens is 3. The summed E-state index contributed by atoms with van der Waals surface area (Å²) in [5.41, 5.74) is 1.02. The third-order valence-electron chi connectivity index (χ3n) is 5.16. The average molecular weight is 384 g/mol. The molecule has 144 valence electrons. The zero-order valence-corrected chi connectivity index (χ0v) is 15.3. The number of rotatable bonds is 4. The predicted octanol–water partition coefficient (Wildman–Crippen LogP) is 5.62. The summed E-state index contributed by atoms with van der Waals surface area (Å²) in [5.74, 6) is -0.175. The summed E-state index contributed by atoms with van der Waals surface area (Å²) in [6, 6.07) is 13.8. The summed E-state index contributed by atoms with van der Waals surface area (Å²) >= 11 is 0. The van der Waals surface area contributed by atoms with Crippen LogP contribution in [0.4, 0.5) is 13.2 Å². The second-order valence-electron chi connectivity index (χ2n) is 7.12. The first kappa shape index (κ1) is 18.5. The summed E-state index contributed by atoms with van der Waals surface area (Å²) in [6.45, 7) is 1.79. The van der Waals surface area contributed by atoms with E-state index in [4.69, 9.17) is 0 Å². The standard InChI is InChI=1S/C22H19F3N2O/c1-14(15-5-2-6-16(13-15)22(23,24)25)27(17-10-11-17)21(28)19-7-3-9-20-18(19)8-4-12-26-20/h2-9,12-14,17H,10-11H2,1H3. The molecule has 3 nitrogen and oxygen atoms in total. The van der Waals surface area contributed by atoms with Crippen LogP contribution < -0.4 is 0 Å². The van der Waals surface area contributed by atoms with E-state index in [0.717, 1.165) is 35.9 Å². The number of pyridine rings is 1. The van der Waals surface area contributed by atoms with Crippen molar-refractivity contribution in [1.29, 1.82) is 0 Å². The number of hydrogen-bond acceptors (Lipinski definition) is 2. The minimum Gasteiger partial charge on any atom is -0.329 e. The van der Waals surface area contributed by atoms with Crippen molar-refractivity contribution in [3.63, 3.8) is 0 Å². The smallest absolute Gasteiger partial charge is 0.329 e. The van der Waals surface area contributed by atoms with Gasteiger partial charge in [-0.25, -0.2) is 0 Å². The molecule has 0 aliphatic heterocycles. The van der Waals surface area contributed by atoms with Gasteiger partial charge >= 0.3 is 6.18 Å². The maximum atomic E-state index is 13.4. The first-order chi connectivity index (χ1) is 13.4. The van der Waals surface area contributed by atoms with Gasteiger partial charge in [-0.05, 0) is 55.7 Å². The molecular weight excluding hydrogens is 365 g/mol. The number of fused-ring (bicyclic) bond motifs is 1. The molecule has 0 spiro atoms. The molecule has 6 heteroatoms. The normalized spacial score (nSPS) is 15.4. The molecule has 1 amide bonds. The molecule has 1 aliphatic rings. The molecule has 0 radical (unpaired) electrons. The summed E-state index contributed by atoms with van der Waals surface area (Å²) in [6.07, 6.45) is -1.03. The molecule has 1 fully saturated rings. The van der Waals surface area contributed by atoms with Gasteiger partial charge in [0.25, 0.3) is 5.91 Å². The largest absolute Gasteiger partial charge is 0.416 e. The van der Waals surface area contributed by atoms with Crippen molar-refractivity contribution in [2.75, 3.05) is 0 Å². The molecule has 1 heterocycles. The molecule has 4 rings (SSSR count). The van der Waals surface area contributed by atoms with Gasteiger partial charge in [0.2, 0.25) is 0 Å². The zero-order valence-electron chi connectivity index (χ0n) is 15.3. The van der Waals surface area contributed by atoms with Crippen LogP contribution in [0.15, 0.2) is 60.8 Å². The Labute approximate surface area is 160 Å². The molecule has 0 N–H and O–H groups in total. The number of benzene rings is 2. The van der Waals surface area contributed by atoms with Gasteiger partial charge in [-0.3, -0.25) is 9.78 Å². The van der Waals surface area contributed by atoms with Gasteiger partial charge in [0.15, 0.2) is 0 Å². The van der Waals surface area contributed by atoms with Gasteiger partial charge in [0.1, 0.15) is 0 Å². The van der Waals surface area contributed by atoms with Gasteiger partial charge in [0, 0.05) is 23.2 Å². The number of aromatic nitrogens is 1. The minimum atomic E-state index is -4.41.